The average Bonchev–Trinajstić information content (AvgIpc) is 2.85. The molecule has 1 saturated carbocycles. The van der Waals surface area contributed by atoms with Crippen molar-refractivity contribution in [2.75, 3.05) is 13.1 Å². The fraction of sp³-hybridized carbons (Fsp3) is 0.889. The lowest BCUT2D eigenvalue weighted by molar-refractivity contribution is -0.137. The van der Waals surface area contributed by atoms with Gasteiger partial charge < -0.3 is 5.11 Å². The molecule has 76 valence electrons. The number of carbonyl (C=O) groups is 1. The van der Waals surface area contributed by atoms with Crippen molar-refractivity contribution in [1.82, 2.24) is 4.90 Å². The van der Waals surface area contributed by atoms with Crippen LogP contribution < -0.4 is 0 Å². The molecule has 0 spiro atoms. The zero-order valence-corrected chi connectivity index (χ0v) is 8.63. The maximum Gasteiger partial charge on any atom is 0.322 e. The van der Waals surface area contributed by atoms with Crippen molar-refractivity contribution in [2.24, 2.45) is 0 Å². The van der Waals surface area contributed by atoms with Gasteiger partial charge in [0.1, 0.15) is 5.38 Å². The van der Waals surface area contributed by atoms with E-state index in [-0.39, 0.29) is 0 Å². The highest BCUT2D eigenvalue weighted by atomic mass is 35.5. The lowest BCUT2D eigenvalue weighted by Gasteiger charge is -2.22. The third-order valence-electron chi connectivity index (χ3n) is 2.24. The van der Waals surface area contributed by atoms with Crippen molar-refractivity contribution >= 4 is 17.6 Å². The molecule has 0 aromatic carbocycles. The molecule has 0 amide bonds. The van der Waals surface area contributed by atoms with Crippen LogP contribution in [-0.4, -0.2) is 40.5 Å². The molecule has 1 unspecified atom stereocenters. The van der Waals surface area contributed by atoms with Crippen LogP contribution in [0.4, 0.5) is 0 Å². The molecule has 0 radical (unpaired) electrons. The minimum Gasteiger partial charge on any atom is -0.480 e. The maximum atomic E-state index is 10.5. The highest BCUT2D eigenvalue weighted by molar-refractivity contribution is 6.29. The molecular formula is C9H16ClNO2. The van der Waals surface area contributed by atoms with Gasteiger partial charge in [-0.25, -0.2) is 0 Å². The number of aliphatic carboxylic acids is 1. The van der Waals surface area contributed by atoms with Gasteiger partial charge in [0.2, 0.25) is 0 Å². The van der Waals surface area contributed by atoms with E-state index in [0.29, 0.717) is 12.6 Å². The Hall–Kier alpha value is -0.280. The van der Waals surface area contributed by atoms with Gasteiger partial charge in [-0.15, -0.1) is 11.6 Å². The van der Waals surface area contributed by atoms with E-state index in [2.05, 4.69) is 11.8 Å². The Morgan fingerprint density at radius 3 is 2.69 bits per heavy atom. The molecule has 1 aliphatic rings. The first kappa shape index (κ1) is 10.8. The molecular weight excluding hydrogens is 190 g/mol. The second kappa shape index (κ2) is 4.82. The number of hydrogen-bond donors (Lipinski definition) is 1. The van der Waals surface area contributed by atoms with Crippen LogP contribution in [-0.2, 0) is 4.79 Å². The van der Waals surface area contributed by atoms with Crippen LogP contribution in [0, 0.1) is 0 Å². The Bertz CT molecular complexity index is 182. The Kier molecular flexibility index (Phi) is 4.00. The van der Waals surface area contributed by atoms with E-state index in [1.807, 2.05) is 0 Å². The summed E-state index contributed by atoms with van der Waals surface area (Å²) in [6.45, 7) is 3.54. The molecule has 1 atom stereocenters. The zero-order chi connectivity index (χ0) is 9.84. The lowest BCUT2D eigenvalue weighted by atomic mass is 10.3. The lowest BCUT2D eigenvalue weighted by Crippen LogP contribution is -2.36. The van der Waals surface area contributed by atoms with Crippen LogP contribution in [0.25, 0.3) is 0 Å². The van der Waals surface area contributed by atoms with Crippen molar-refractivity contribution in [3.8, 4) is 0 Å². The van der Waals surface area contributed by atoms with Gasteiger partial charge in [-0.05, 0) is 25.8 Å². The molecule has 1 N–H and O–H groups in total. The normalized spacial score (nSPS) is 19.0. The first-order valence-corrected chi connectivity index (χ1v) is 5.19. The molecule has 3 nitrogen and oxygen atoms in total. The van der Waals surface area contributed by atoms with Gasteiger partial charge in [-0.2, -0.15) is 0 Å². The van der Waals surface area contributed by atoms with E-state index in [1.165, 1.54) is 12.8 Å². The van der Waals surface area contributed by atoms with Crippen LogP contribution in [0.2, 0.25) is 0 Å². The third kappa shape index (κ3) is 3.53. The quantitative estimate of drug-likeness (QED) is 0.669. The largest absolute Gasteiger partial charge is 0.480 e. The van der Waals surface area contributed by atoms with Crippen molar-refractivity contribution in [1.29, 1.82) is 0 Å². The molecule has 13 heavy (non-hydrogen) atoms. The number of alkyl halides is 1. The number of carboxylic acid groups (broad SMARTS) is 1. The molecule has 1 aliphatic carbocycles. The summed E-state index contributed by atoms with van der Waals surface area (Å²) in [6.07, 6.45) is 3.45. The van der Waals surface area contributed by atoms with Crippen molar-refractivity contribution in [3.05, 3.63) is 0 Å². The van der Waals surface area contributed by atoms with Crippen LogP contribution >= 0.6 is 11.6 Å². The predicted octanol–water partition coefficient (Wildman–Crippen LogP) is 1.55. The van der Waals surface area contributed by atoms with E-state index in [9.17, 15) is 4.79 Å². The number of hydrogen-bond acceptors (Lipinski definition) is 2. The molecule has 1 rings (SSSR count). The van der Waals surface area contributed by atoms with E-state index in [1.54, 1.807) is 0 Å². The SMILES string of the molecule is CCCN(CC(Cl)C(=O)O)C1CC1. The Labute approximate surface area is 83.7 Å². The summed E-state index contributed by atoms with van der Waals surface area (Å²) in [5.74, 6) is -0.914. The van der Waals surface area contributed by atoms with E-state index in [4.69, 9.17) is 16.7 Å². The molecule has 0 aromatic rings. The number of halogens is 1. The van der Waals surface area contributed by atoms with Gasteiger partial charge in [0.05, 0.1) is 0 Å². The topological polar surface area (TPSA) is 40.5 Å². The minimum absolute atomic E-state index is 0.482. The standard InChI is InChI=1S/C9H16ClNO2/c1-2-5-11(7-3-4-7)6-8(10)9(12)13/h7-8H,2-6H2,1H3,(H,12,13). The second-order valence-corrected chi connectivity index (χ2v) is 4.06. The Morgan fingerprint density at radius 1 is 1.69 bits per heavy atom. The highest BCUT2D eigenvalue weighted by Gasteiger charge is 2.30. The molecule has 0 aromatic heterocycles. The summed E-state index contributed by atoms with van der Waals surface area (Å²) < 4.78 is 0. The average molecular weight is 206 g/mol. The molecule has 4 heteroatoms. The molecule has 0 heterocycles. The van der Waals surface area contributed by atoms with Crippen LogP contribution in [0.15, 0.2) is 0 Å². The third-order valence-corrected chi connectivity index (χ3v) is 2.56. The number of rotatable bonds is 6. The van der Waals surface area contributed by atoms with Crippen LogP contribution in [0.1, 0.15) is 26.2 Å². The van der Waals surface area contributed by atoms with Crippen molar-refractivity contribution < 1.29 is 9.90 Å². The van der Waals surface area contributed by atoms with Gasteiger partial charge >= 0.3 is 5.97 Å². The summed E-state index contributed by atoms with van der Waals surface area (Å²) >= 11 is 5.68. The minimum atomic E-state index is -0.914. The van der Waals surface area contributed by atoms with Crippen LogP contribution in [0.5, 0.6) is 0 Å². The van der Waals surface area contributed by atoms with Crippen molar-refractivity contribution in [2.45, 2.75) is 37.6 Å². The predicted molar refractivity (Wildman–Crippen MR) is 52.2 cm³/mol. The Balaban J connectivity index is 2.32. The van der Waals surface area contributed by atoms with E-state index in [0.717, 1.165) is 13.0 Å². The molecule has 0 aliphatic heterocycles. The molecule has 0 saturated heterocycles. The van der Waals surface area contributed by atoms with Crippen LogP contribution in [0.3, 0.4) is 0 Å². The first-order chi connectivity index (χ1) is 6.15. The Morgan fingerprint density at radius 2 is 2.31 bits per heavy atom. The summed E-state index contributed by atoms with van der Waals surface area (Å²) in [6, 6.07) is 0.598. The fourth-order valence-corrected chi connectivity index (χ4v) is 1.61. The molecule has 0 bridgehead atoms. The van der Waals surface area contributed by atoms with Gasteiger partial charge in [-0.1, -0.05) is 6.92 Å². The van der Waals surface area contributed by atoms with Gasteiger partial charge in [0.15, 0.2) is 0 Å². The zero-order valence-electron chi connectivity index (χ0n) is 7.87. The summed E-state index contributed by atoms with van der Waals surface area (Å²) in [7, 11) is 0. The first-order valence-electron chi connectivity index (χ1n) is 4.76. The van der Waals surface area contributed by atoms with E-state index < -0.39 is 11.3 Å². The molecule has 1 fully saturated rings. The summed E-state index contributed by atoms with van der Waals surface area (Å²) in [5.41, 5.74) is 0. The monoisotopic (exact) mass is 205 g/mol. The number of nitrogens with zero attached hydrogens (tertiary/aromatic N) is 1. The second-order valence-electron chi connectivity index (χ2n) is 3.53. The fourth-order valence-electron chi connectivity index (χ4n) is 1.43. The van der Waals surface area contributed by atoms with E-state index >= 15 is 0 Å². The van der Waals surface area contributed by atoms with Gasteiger partial charge in [0.25, 0.3) is 0 Å². The smallest absolute Gasteiger partial charge is 0.322 e. The summed E-state index contributed by atoms with van der Waals surface area (Å²) in [4.78, 5) is 12.7. The van der Waals surface area contributed by atoms with Crippen molar-refractivity contribution in [3.63, 3.8) is 0 Å². The van der Waals surface area contributed by atoms with Gasteiger partial charge in [0, 0.05) is 12.6 Å². The highest BCUT2D eigenvalue weighted by Crippen LogP contribution is 2.27. The van der Waals surface area contributed by atoms with Gasteiger partial charge in [-0.3, -0.25) is 9.69 Å². The maximum absolute atomic E-state index is 10.5. The summed E-state index contributed by atoms with van der Waals surface area (Å²) in [5, 5.41) is 7.89. The number of carboxylic acids is 1.